The zero-order valence-corrected chi connectivity index (χ0v) is 11.9. The Bertz CT molecular complexity index is 500. The van der Waals surface area contributed by atoms with E-state index in [2.05, 4.69) is 16.1 Å². The van der Waals surface area contributed by atoms with Crippen molar-refractivity contribution in [2.75, 3.05) is 0 Å². The molecule has 0 fully saturated rings. The summed E-state index contributed by atoms with van der Waals surface area (Å²) in [6.07, 6.45) is 4.04. The first-order valence-electron chi connectivity index (χ1n) is 5.04. The van der Waals surface area contributed by atoms with Gasteiger partial charge in [-0.25, -0.2) is 9.13 Å². The van der Waals surface area contributed by atoms with E-state index in [4.69, 9.17) is 23.2 Å². The van der Waals surface area contributed by atoms with Crippen LogP contribution in [0.1, 0.15) is 11.4 Å². The quantitative estimate of drug-likeness (QED) is 0.688. The molecule has 0 saturated heterocycles. The van der Waals surface area contributed by atoms with Crippen LogP contribution in [0, 0.1) is 6.92 Å². The smallest absolute Gasteiger partial charge is 0.253 e. The monoisotopic (exact) mass is 290 g/mol. The number of hydrogen-bond donors (Lipinski definition) is 0. The number of hydrogen-bond acceptors (Lipinski definition) is 0. The van der Waals surface area contributed by atoms with Gasteiger partial charge in [-0.1, -0.05) is 29.3 Å². The maximum Gasteiger partial charge on any atom is 0.253 e. The van der Waals surface area contributed by atoms with Crippen LogP contribution in [0.3, 0.4) is 0 Å². The number of imidazole rings is 1. The lowest BCUT2D eigenvalue weighted by atomic mass is 10.2. The van der Waals surface area contributed by atoms with Gasteiger partial charge in [0.05, 0.1) is 7.05 Å². The van der Waals surface area contributed by atoms with Gasteiger partial charge in [-0.05, 0) is 12.1 Å². The molecule has 92 valence electrons. The predicted molar refractivity (Wildman–Crippen MR) is 65.9 cm³/mol. The van der Waals surface area contributed by atoms with Crippen molar-refractivity contribution in [2.45, 2.75) is 13.5 Å². The first kappa shape index (κ1) is 14.4. The van der Waals surface area contributed by atoms with Crippen molar-refractivity contribution in [1.82, 2.24) is 4.57 Å². The van der Waals surface area contributed by atoms with E-state index in [9.17, 15) is 0 Å². The molecule has 5 heteroatoms. The summed E-state index contributed by atoms with van der Waals surface area (Å²) in [5, 5.41) is 1.42. The number of aromatic nitrogens is 2. The van der Waals surface area contributed by atoms with Crippen LogP contribution in [-0.4, -0.2) is 4.57 Å². The molecule has 2 nitrogen and oxygen atoms in total. The summed E-state index contributed by atoms with van der Waals surface area (Å²) in [5.41, 5.74) is 0.963. The molecule has 0 N–H and O–H groups in total. The van der Waals surface area contributed by atoms with Crippen molar-refractivity contribution in [3.8, 4) is 0 Å². The van der Waals surface area contributed by atoms with E-state index < -0.39 is 0 Å². The van der Waals surface area contributed by atoms with Gasteiger partial charge in [0.25, 0.3) is 5.82 Å². The Labute approximate surface area is 117 Å². The fourth-order valence-corrected chi connectivity index (χ4v) is 2.14. The fraction of sp³-hybridized carbons (Fsp3) is 0.250. The predicted octanol–water partition coefficient (Wildman–Crippen LogP) is -0.0199. The first-order valence-corrected chi connectivity index (χ1v) is 5.79. The van der Waals surface area contributed by atoms with Crippen molar-refractivity contribution < 1.29 is 17.0 Å². The topological polar surface area (TPSA) is 8.81 Å². The van der Waals surface area contributed by atoms with Crippen LogP contribution >= 0.6 is 23.2 Å². The van der Waals surface area contributed by atoms with Crippen molar-refractivity contribution in [2.24, 2.45) is 7.05 Å². The fourth-order valence-electron chi connectivity index (χ4n) is 1.62. The molecule has 2 aromatic rings. The molecule has 0 aliphatic rings. The van der Waals surface area contributed by atoms with Gasteiger partial charge in [0.1, 0.15) is 18.9 Å². The Morgan fingerprint density at radius 1 is 1.24 bits per heavy atom. The lowest BCUT2D eigenvalue weighted by Crippen LogP contribution is -3.00. The Kier molecular flexibility index (Phi) is 4.87. The van der Waals surface area contributed by atoms with E-state index in [-0.39, 0.29) is 12.4 Å². The Balaban J connectivity index is 0.00000144. The molecular weight excluding hydrogens is 279 g/mol. The second-order valence-corrected chi connectivity index (χ2v) is 4.60. The molecule has 0 aliphatic heterocycles. The molecule has 1 heterocycles. The number of halogens is 3. The summed E-state index contributed by atoms with van der Waals surface area (Å²) in [6, 6.07) is 5.58. The number of nitrogens with zero attached hydrogens (tertiary/aromatic N) is 2. The molecule has 0 unspecified atom stereocenters. The summed E-state index contributed by atoms with van der Waals surface area (Å²) >= 11 is 12.3. The molecule has 0 saturated carbocycles. The maximum absolute atomic E-state index is 6.13. The highest BCUT2D eigenvalue weighted by Crippen LogP contribution is 2.25. The lowest BCUT2D eigenvalue weighted by molar-refractivity contribution is -0.677. The average Bonchev–Trinajstić information content (AvgIpc) is 2.55. The van der Waals surface area contributed by atoms with Crippen LogP contribution < -0.4 is 17.0 Å². The molecule has 0 bridgehead atoms. The van der Waals surface area contributed by atoms with Crippen LogP contribution in [0.15, 0.2) is 30.6 Å². The van der Waals surface area contributed by atoms with E-state index in [1.54, 1.807) is 0 Å². The van der Waals surface area contributed by atoms with Crippen LogP contribution in [0.2, 0.25) is 10.0 Å². The zero-order valence-electron chi connectivity index (χ0n) is 9.62. The third kappa shape index (κ3) is 2.95. The minimum atomic E-state index is 0. The molecule has 0 amide bonds. The standard InChI is InChI=1S/C12H13Cl2N2.ClH/c1-9-15(2)6-7-16(9)8-10-11(13)4-3-5-12(10)14;/h3-7H,8H2,1-2H3;1H/q+1;/p-1. The van der Waals surface area contributed by atoms with Gasteiger partial charge in [-0.15, -0.1) is 0 Å². The van der Waals surface area contributed by atoms with Crippen LogP contribution in [0.25, 0.3) is 0 Å². The van der Waals surface area contributed by atoms with Crippen molar-refractivity contribution >= 4 is 23.2 Å². The molecule has 0 spiro atoms. The zero-order chi connectivity index (χ0) is 11.7. The molecule has 0 aliphatic carbocycles. The van der Waals surface area contributed by atoms with Crippen LogP contribution in [0.4, 0.5) is 0 Å². The average molecular weight is 292 g/mol. The van der Waals surface area contributed by atoms with E-state index >= 15 is 0 Å². The largest absolute Gasteiger partial charge is 1.00 e. The highest BCUT2D eigenvalue weighted by molar-refractivity contribution is 6.35. The van der Waals surface area contributed by atoms with Gasteiger partial charge in [-0.2, -0.15) is 0 Å². The number of aryl methyl sites for hydroxylation is 1. The highest BCUT2D eigenvalue weighted by atomic mass is 35.5. The van der Waals surface area contributed by atoms with E-state index in [1.165, 1.54) is 0 Å². The normalized spacial score (nSPS) is 10.1. The molecule has 2 rings (SSSR count). The van der Waals surface area contributed by atoms with E-state index in [0.717, 1.165) is 11.4 Å². The summed E-state index contributed by atoms with van der Waals surface area (Å²) in [5.74, 6) is 1.16. The Hall–Kier alpha value is -0.700. The van der Waals surface area contributed by atoms with E-state index in [1.807, 2.05) is 37.6 Å². The molecule has 17 heavy (non-hydrogen) atoms. The van der Waals surface area contributed by atoms with Crippen LogP contribution in [-0.2, 0) is 13.6 Å². The second-order valence-electron chi connectivity index (χ2n) is 3.78. The maximum atomic E-state index is 6.13. The van der Waals surface area contributed by atoms with Gasteiger partial charge in [0.15, 0.2) is 0 Å². The van der Waals surface area contributed by atoms with Gasteiger partial charge in [-0.3, -0.25) is 0 Å². The first-order chi connectivity index (χ1) is 7.59. The van der Waals surface area contributed by atoms with Gasteiger partial charge in [0, 0.05) is 22.5 Å². The number of benzene rings is 1. The van der Waals surface area contributed by atoms with Gasteiger partial charge >= 0.3 is 0 Å². The summed E-state index contributed by atoms with van der Waals surface area (Å²) < 4.78 is 4.18. The SMILES string of the molecule is Cc1n(Cc2c(Cl)cccc2Cl)cc[n+]1C.[Cl-]. The molecule has 0 radical (unpaired) electrons. The lowest BCUT2D eigenvalue weighted by Gasteiger charge is -2.05. The minimum absolute atomic E-state index is 0. The van der Waals surface area contributed by atoms with Crippen LogP contribution in [0.5, 0.6) is 0 Å². The van der Waals surface area contributed by atoms with Gasteiger partial charge < -0.3 is 12.4 Å². The third-order valence-corrected chi connectivity index (χ3v) is 3.49. The molecular formula is C12H13Cl3N2. The van der Waals surface area contributed by atoms with Crippen molar-refractivity contribution in [3.63, 3.8) is 0 Å². The number of rotatable bonds is 2. The second kappa shape index (κ2) is 5.76. The van der Waals surface area contributed by atoms with Gasteiger partial charge in [0.2, 0.25) is 0 Å². The molecule has 1 aromatic carbocycles. The summed E-state index contributed by atoms with van der Waals surface area (Å²) in [4.78, 5) is 0. The summed E-state index contributed by atoms with van der Waals surface area (Å²) in [6.45, 7) is 2.76. The Morgan fingerprint density at radius 3 is 2.29 bits per heavy atom. The third-order valence-electron chi connectivity index (χ3n) is 2.79. The minimum Gasteiger partial charge on any atom is -1.00 e. The molecule has 1 aromatic heterocycles. The van der Waals surface area contributed by atoms with E-state index in [0.29, 0.717) is 16.6 Å². The van der Waals surface area contributed by atoms with Crippen molar-refractivity contribution in [1.29, 1.82) is 0 Å². The molecule has 0 atom stereocenters. The summed E-state index contributed by atoms with van der Waals surface area (Å²) in [7, 11) is 2.01. The van der Waals surface area contributed by atoms with Crippen molar-refractivity contribution in [3.05, 3.63) is 52.0 Å². The Morgan fingerprint density at radius 2 is 1.82 bits per heavy atom. The highest BCUT2D eigenvalue weighted by Gasteiger charge is 2.13.